The van der Waals surface area contributed by atoms with Gasteiger partial charge < -0.3 is 9.30 Å². The Balaban J connectivity index is 2.03. The highest BCUT2D eigenvalue weighted by Gasteiger charge is 2.14. The maximum atomic E-state index is 14.0. The Kier molecular flexibility index (Phi) is 4.62. The standard InChI is InChI=1S/C18H14ClFN2O2/c1-24-13-8-6-12(7-9-13)10-22-11-16(19)21-17(18(22)23)14-4-2-3-5-15(14)20/h2-9,11H,10H2,1H3. The summed E-state index contributed by atoms with van der Waals surface area (Å²) in [6, 6.07) is 13.3. The van der Waals surface area contributed by atoms with Crippen molar-refractivity contribution in [2.75, 3.05) is 7.11 Å². The van der Waals surface area contributed by atoms with Crippen LogP contribution in [0, 0.1) is 5.82 Å². The van der Waals surface area contributed by atoms with Crippen molar-refractivity contribution in [3.05, 3.63) is 81.6 Å². The Bertz CT molecular complexity index is 923. The average Bonchev–Trinajstić information content (AvgIpc) is 2.59. The summed E-state index contributed by atoms with van der Waals surface area (Å²) in [6.45, 7) is 0.298. The lowest BCUT2D eigenvalue weighted by atomic mass is 10.1. The van der Waals surface area contributed by atoms with Crippen molar-refractivity contribution in [2.45, 2.75) is 6.54 Å². The van der Waals surface area contributed by atoms with Crippen LogP contribution >= 0.6 is 11.6 Å². The van der Waals surface area contributed by atoms with Crippen LogP contribution in [-0.2, 0) is 6.54 Å². The summed E-state index contributed by atoms with van der Waals surface area (Å²) >= 11 is 6.02. The molecule has 0 saturated heterocycles. The molecule has 0 amide bonds. The van der Waals surface area contributed by atoms with Crippen LogP contribution in [-0.4, -0.2) is 16.7 Å². The zero-order valence-corrected chi connectivity index (χ0v) is 13.6. The summed E-state index contributed by atoms with van der Waals surface area (Å²) in [6.07, 6.45) is 1.44. The molecule has 122 valence electrons. The summed E-state index contributed by atoms with van der Waals surface area (Å²) in [5.74, 6) is 0.214. The van der Waals surface area contributed by atoms with Gasteiger partial charge in [-0.25, -0.2) is 9.37 Å². The third-order valence-electron chi connectivity index (χ3n) is 3.59. The van der Waals surface area contributed by atoms with Gasteiger partial charge in [0.1, 0.15) is 22.4 Å². The van der Waals surface area contributed by atoms with E-state index in [-0.39, 0.29) is 16.4 Å². The zero-order chi connectivity index (χ0) is 17.1. The third-order valence-corrected chi connectivity index (χ3v) is 3.77. The summed E-state index contributed by atoms with van der Waals surface area (Å²) in [5.41, 5.74) is 0.613. The smallest absolute Gasteiger partial charge is 0.277 e. The summed E-state index contributed by atoms with van der Waals surface area (Å²) in [7, 11) is 1.59. The molecule has 0 bridgehead atoms. The van der Waals surface area contributed by atoms with Gasteiger partial charge in [0.05, 0.1) is 13.7 Å². The van der Waals surface area contributed by atoms with Crippen molar-refractivity contribution < 1.29 is 9.13 Å². The molecule has 0 radical (unpaired) electrons. The number of methoxy groups -OCH3 is 1. The summed E-state index contributed by atoms with van der Waals surface area (Å²) < 4.78 is 20.5. The molecule has 1 aromatic heterocycles. The molecular weight excluding hydrogens is 331 g/mol. The second-order valence-corrected chi connectivity index (χ2v) is 5.56. The zero-order valence-electron chi connectivity index (χ0n) is 12.9. The van der Waals surface area contributed by atoms with Gasteiger partial charge in [-0.2, -0.15) is 0 Å². The van der Waals surface area contributed by atoms with E-state index in [1.54, 1.807) is 31.4 Å². The molecule has 3 rings (SSSR count). The van der Waals surface area contributed by atoms with Gasteiger partial charge in [-0.3, -0.25) is 4.79 Å². The second-order valence-electron chi connectivity index (χ2n) is 5.17. The molecule has 0 saturated carbocycles. The van der Waals surface area contributed by atoms with E-state index >= 15 is 0 Å². The number of aromatic nitrogens is 2. The first-order valence-electron chi connectivity index (χ1n) is 7.23. The average molecular weight is 345 g/mol. The number of hydrogen-bond donors (Lipinski definition) is 0. The van der Waals surface area contributed by atoms with E-state index < -0.39 is 11.4 Å². The van der Waals surface area contributed by atoms with E-state index in [0.29, 0.717) is 6.54 Å². The summed E-state index contributed by atoms with van der Waals surface area (Å²) in [5, 5.41) is 0.126. The van der Waals surface area contributed by atoms with Gasteiger partial charge in [-0.1, -0.05) is 35.9 Å². The molecule has 1 heterocycles. The van der Waals surface area contributed by atoms with Crippen molar-refractivity contribution in [1.82, 2.24) is 9.55 Å². The number of hydrogen-bond acceptors (Lipinski definition) is 3. The van der Waals surface area contributed by atoms with Gasteiger partial charge in [0, 0.05) is 11.8 Å². The number of benzene rings is 2. The molecule has 3 aromatic rings. The largest absolute Gasteiger partial charge is 0.497 e. The molecule has 0 N–H and O–H groups in total. The van der Waals surface area contributed by atoms with E-state index in [1.165, 1.54) is 22.9 Å². The topological polar surface area (TPSA) is 44.1 Å². The highest BCUT2D eigenvalue weighted by atomic mass is 35.5. The molecule has 0 spiro atoms. The van der Waals surface area contributed by atoms with Crippen LogP contribution in [0.2, 0.25) is 5.15 Å². The Labute approximate surface area is 143 Å². The van der Waals surface area contributed by atoms with Crippen LogP contribution < -0.4 is 10.3 Å². The molecule has 0 unspecified atom stereocenters. The highest BCUT2D eigenvalue weighted by Crippen LogP contribution is 2.19. The first-order chi connectivity index (χ1) is 11.6. The molecular formula is C18H14ClFN2O2. The van der Waals surface area contributed by atoms with Crippen LogP contribution in [0.1, 0.15) is 5.56 Å². The Hall–Kier alpha value is -2.66. The maximum Gasteiger partial charge on any atom is 0.277 e. The Morgan fingerprint density at radius 2 is 1.88 bits per heavy atom. The quantitative estimate of drug-likeness (QED) is 0.724. The van der Waals surface area contributed by atoms with Crippen molar-refractivity contribution >= 4 is 11.6 Å². The Morgan fingerprint density at radius 3 is 2.54 bits per heavy atom. The van der Waals surface area contributed by atoms with Crippen LogP contribution in [0.5, 0.6) is 5.75 Å². The first-order valence-corrected chi connectivity index (χ1v) is 7.61. The number of nitrogens with zero attached hydrogens (tertiary/aromatic N) is 2. The minimum atomic E-state index is -0.514. The van der Waals surface area contributed by atoms with Crippen molar-refractivity contribution in [1.29, 1.82) is 0 Å². The molecule has 4 nitrogen and oxygen atoms in total. The molecule has 0 aliphatic heterocycles. The Morgan fingerprint density at radius 1 is 1.17 bits per heavy atom. The third kappa shape index (κ3) is 3.31. The summed E-state index contributed by atoms with van der Waals surface area (Å²) in [4.78, 5) is 16.7. The lowest BCUT2D eigenvalue weighted by molar-refractivity contribution is 0.414. The van der Waals surface area contributed by atoms with Gasteiger partial charge in [0.25, 0.3) is 5.56 Å². The fourth-order valence-corrected chi connectivity index (χ4v) is 2.58. The molecule has 24 heavy (non-hydrogen) atoms. The van der Waals surface area contributed by atoms with E-state index in [4.69, 9.17) is 16.3 Å². The predicted octanol–water partition coefficient (Wildman–Crippen LogP) is 3.76. The molecule has 2 aromatic carbocycles. The maximum absolute atomic E-state index is 14.0. The fourth-order valence-electron chi connectivity index (χ4n) is 2.38. The fraction of sp³-hybridized carbons (Fsp3) is 0.111. The second kappa shape index (κ2) is 6.84. The minimum Gasteiger partial charge on any atom is -0.497 e. The lowest BCUT2D eigenvalue weighted by Crippen LogP contribution is -2.23. The van der Waals surface area contributed by atoms with E-state index in [9.17, 15) is 9.18 Å². The van der Waals surface area contributed by atoms with Crippen molar-refractivity contribution in [2.24, 2.45) is 0 Å². The molecule has 0 fully saturated rings. The van der Waals surface area contributed by atoms with E-state index in [1.807, 2.05) is 12.1 Å². The molecule has 0 aliphatic rings. The SMILES string of the molecule is COc1ccc(Cn2cc(Cl)nc(-c3ccccc3F)c2=O)cc1. The minimum absolute atomic E-state index is 0.00545. The monoisotopic (exact) mass is 344 g/mol. The van der Waals surface area contributed by atoms with Crippen LogP contribution in [0.3, 0.4) is 0 Å². The number of rotatable bonds is 4. The number of ether oxygens (including phenoxy) is 1. The van der Waals surface area contributed by atoms with Gasteiger partial charge in [0.15, 0.2) is 0 Å². The lowest BCUT2D eigenvalue weighted by Gasteiger charge is -2.10. The van der Waals surface area contributed by atoms with E-state index in [2.05, 4.69) is 4.98 Å². The number of halogens is 2. The molecule has 0 atom stereocenters. The normalized spacial score (nSPS) is 10.6. The molecule has 0 aliphatic carbocycles. The van der Waals surface area contributed by atoms with Crippen LogP contribution in [0.25, 0.3) is 11.3 Å². The van der Waals surface area contributed by atoms with Crippen molar-refractivity contribution in [3.63, 3.8) is 0 Å². The van der Waals surface area contributed by atoms with Crippen LogP contribution in [0.4, 0.5) is 4.39 Å². The van der Waals surface area contributed by atoms with E-state index in [0.717, 1.165) is 11.3 Å². The van der Waals surface area contributed by atoms with Crippen LogP contribution in [0.15, 0.2) is 59.5 Å². The van der Waals surface area contributed by atoms with Crippen molar-refractivity contribution in [3.8, 4) is 17.0 Å². The van der Waals surface area contributed by atoms with Gasteiger partial charge >= 0.3 is 0 Å². The van der Waals surface area contributed by atoms with Gasteiger partial charge in [0.2, 0.25) is 0 Å². The first kappa shape index (κ1) is 16.2. The highest BCUT2D eigenvalue weighted by molar-refractivity contribution is 6.29. The molecule has 6 heteroatoms. The predicted molar refractivity (Wildman–Crippen MR) is 91.0 cm³/mol. The van der Waals surface area contributed by atoms with Gasteiger partial charge in [-0.15, -0.1) is 0 Å². The van der Waals surface area contributed by atoms with Gasteiger partial charge in [-0.05, 0) is 29.8 Å².